The van der Waals surface area contributed by atoms with Gasteiger partial charge >= 0.3 is 0 Å². The van der Waals surface area contributed by atoms with Crippen LogP contribution in [-0.2, 0) is 11.2 Å². The molecular weight excluding hydrogens is 236 g/mol. The lowest BCUT2D eigenvalue weighted by Gasteiger charge is -2.31. The zero-order valence-electron chi connectivity index (χ0n) is 11.0. The first-order chi connectivity index (χ1) is 9.24. The molecule has 2 nitrogen and oxygen atoms in total. The average Bonchev–Trinajstić information content (AvgIpc) is 2.74. The minimum absolute atomic E-state index is 0.334. The number of benzene rings is 1. The van der Waals surface area contributed by atoms with Crippen LogP contribution < -0.4 is 0 Å². The molecule has 0 aliphatic heterocycles. The maximum absolute atomic E-state index is 11.4. The van der Waals surface area contributed by atoms with E-state index in [-0.39, 0.29) is 0 Å². The third-order valence-electron chi connectivity index (χ3n) is 4.60. The van der Waals surface area contributed by atoms with Gasteiger partial charge in [-0.2, -0.15) is 0 Å². The van der Waals surface area contributed by atoms with Gasteiger partial charge in [0, 0.05) is 18.8 Å². The topological polar surface area (TPSA) is 37.3 Å². The van der Waals surface area contributed by atoms with Gasteiger partial charge in [-0.05, 0) is 30.2 Å². The van der Waals surface area contributed by atoms with E-state index in [9.17, 15) is 9.90 Å². The van der Waals surface area contributed by atoms with E-state index in [2.05, 4.69) is 6.08 Å². The van der Waals surface area contributed by atoms with E-state index in [0.717, 1.165) is 24.8 Å². The Morgan fingerprint density at radius 3 is 2.74 bits per heavy atom. The van der Waals surface area contributed by atoms with Crippen LogP contribution in [0.4, 0.5) is 0 Å². The molecule has 0 radical (unpaired) electrons. The van der Waals surface area contributed by atoms with Crippen LogP contribution in [0.3, 0.4) is 0 Å². The van der Waals surface area contributed by atoms with Gasteiger partial charge in [0.1, 0.15) is 5.78 Å². The molecule has 2 unspecified atom stereocenters. The second kappa shape index (κ2) is 5.30. The van der Waals surface area contributed by atoms with Crippen molar-refractivity contribution in [2.24, 2.45) is 17.8 Å². The Hall–Kier alpha value is -1.41. The van der Waals surface area contributed by atoms with E-state index in [0.29, 0.717) is 30.0 Å². The Labute approximate surface area is 114 Å². The highest BCUT2D eigenvalue weighted by Gasteiger charge is 2.47. The van der Waals surface area contributed by atoms with Gasteiger partial charge in [0.25, 0.3) is 0 Å². The Bertz CT molecular complexity index is 477. The normalized spacial score (nSPS) is 31.2. The number of Topliss-reactive ketones (excluding diaryl/α,β-unsaturated/α-hetero) is 1. The molecule has 0 heterocycles. The van der Waals surface area contributed by atoms with Gasteiger partial charge < -0.3 is 5.11 Å². The van der Waals surface area contributed by atoms with Crippen LogP contribution in [0.1, 0.15) is 24.8 Å². The number of fused-ring (bicyclic) bond motifs is 1. The van der Waals surface area contributed by atoms with Crippen molar-refractivity contribution in [3.05, 3.63) is 48.0 Å². The quantitative estimate of drug-likeness (QED) is 0.841. The van der Waals surface area contributed by atoms with Crippen LogP contribution in [-0.4, -0.2) is 17.0 Å². The van der Waals surface area contributed by atoms with E-state index in [1.807, 2.05) is 36.4 Å². The summed E-state index contributed by atoms with van der Waals surface area (Å²) < 4.78 is 0. The maximum Gasteiger partial charge on any atom is 0.136 e. The molecule has 0 saturated heterocycles. The molecule has 0 amide bonds. The van der Waals surface area contributed by atoms with Gasteiger partial charge in [-0.3, -0.25) is 4.79 Å². The fourth-order valence-corrected chi connectivity index (χ4v) is 3.45. The number of aliphatic hydroxyl groups excluding tert-OH is 1. The molecule has 4 atom stereocenters. The van der Waals surface area contributed by atoms with E-state index in [1.165, 1.54) is 0 Å². The number of rotatable bonds is 4. The summed E-state index contributed by atoms with van der Waals surface area (Å²) in [5, 5.41) is 10.0. The van der Waals surface area contributed by atoms with E-state index < -0.39 is 6.10 Å². The first-order valence-corrected chi connectivity index (χ1v) is 7.17. The molecule has 100 valence electrons. The lowest BCUT2D eigenvalue weighted by molar-refractivity contribution is -0.133. The summed E-state index contributed by atoms with van der Waals surface area (Å²) >= 11 is 0. The molecule has 0 spiro atoms. The van der Waals surface area contributed by atoms with Crippen LogP contribution in [0, 0.1) is 17.8 Å². The predicted molar refractivity (Wildman–Crippen MR) is 74.6 cm³/mol. The number of hydrogen-bond acceptors (Lipinski definition) is 2. The van der Waals surface area contributed by atoms with Crippen molar-refractivity contribution >= 4 is 5.78 Å². The van der Waals surface area contributed by atoms with Crippen molar-refractivity contribution in [2.45, 2.75) is 31.8 Å². The van der Waals surface area contributed by atoms with Gasteiger partial charge in [0.05, 0.1) is 6.10 Å². The van der Waals surface area contributed by atoms with Crippen molar-refractivity contribution in [2.75, 3.05) is 0 Å². The molecule has 2 aliphatic rings. The van der Waals surface area contributed by atoms with Crippen LogP contribution in [0.2, 0.25) is 0 Å². The summed E-state index contributed by atoms with van der Waals surface area (Å²) in [5.41, 5.74) is 1.16. The van der Waals surface area contributed by atoms with E-state index >= 15 is 0 Å². The number of allylic oxidation sites excluding steroid dienone is 1. The Balaban J connectivity index is 1.54. The summed E-state index contributed by atoms with van der Waals surface area (Å²) in [6, 6.07) is 10.0. The van der Waals surface area contributed by atoms with E-state index in [4.69, 9.17) is 0 Å². The number of aliphatic hydroxyl groups is 1. The summed E-state index contributed by atoms with van der Waals surface area (Å²) in [4.78, 5) is 11.4. The molecule has 1 aromatic rings. The number of ketones is 1. The lowest BCUT2D eigenvalue weighted by Crippen LogP contribution is -2.35. The molecule has 3 rings (SSSR count). The van der Waals surface area contributed by atoms with Crippen molar-refractivity contribution in [1.29, 1.82) is 0 Å². The van der Waals surface area contributed by atoms with Crippen molar-refractivity contribution in [3.63, 3.8) is 0 Å². The lowest BCUT2D eigenvalue weighted by atomic mass is 9.71. The highest BCUT2D eigenvalue weighted by atomic mass is 16.3. The second-order valence-electron chi connectivity index (χ2n) is 5.82. The monoisotopic (exact) mass is 256 g/mol. The van der Waals surface area contributed by atoms with Crippen LogP contribution >= 0.6 is 0 Å². The molecule has 0 aromatic heterocycles. The Morgan fingerprint density at radius 2 is 2.05 bits per heavy atom. The smallest absolute Gasteiger partial charge is 0.136 e. The van der Waals surface area contributed by atoms with Crippen molar-refractivity contribution < 1.29 is 9.90 Å². The second-order valence-corrected chi connectivity index (χ2v) is 5.82. The third kappa shape index (κ3) is 2.64. The zero-order chi connectivity index (χ0) is 13.2. The first kappa shape index (κ1) is 12.6. The Kier molecular flexibility index (Phi) is 3.52. The standard InChI is InChI=1S/C17H20O2/c18-14(10-12-4-2-1-3-5-12)8-6-13-7-9-15-16(13)11-17(15)19/h1-6,8,13-16,18H,7,9-11H2/t13?,14?,15-,16-/m0/s1. The van der Waals surface area contributed by atoms with Gasteiger partial charge in [-0.25, -0.2) is 0 Å². The number of hydrogen-bond donors (Lipinski definition) is 1. The molecule has 19 heavy (non-hydrogen) atoms. The summed E-state index contributed by atoms with van der Waals surface area (Å²) in [6.45, 7) is 0. The van der Waals surface area contributed by atoms with E-state index in [1.54, 1.807) is 0 Å². The first-order valence-electron chi connectivity index (χ1n) is 7.17. The van der Waals surface area contributed by atoms with Crippen molar-refractivity contribution in [1.82, 2.24) is 0 Å². The molecule has 2 aliphatic carbocycles. The minimum atomic E-state index is -0.419. The SMILES string of the molecule is O=C1C[C@H]2C(C=CC(O)Cc3ccccc3)CC[C@H]12. The fourth-order valence-electron chi connectivity index (χ4n) is 3.45. The Morgan fingerprint density at radius 1 is 1.26 bits per heavy atom. The zero-order valence-corrected chi connectivity index (χ0v) is 11.0. The van der Waals surface area contributed by atoms with Crippen LogP contribution in [0.5, 0.6) is 0 Å². The predicted octanol–water partition coefficient (Wildman–Crippen LogP) is 2.76. The van der Waals surface area contributed by atoms with Gasteiger partial charge in [-0.15, -0.1) is 0 Å². The highest BCUT2D eigenvalue weighted by molar-refractivity contribution is 5.88. The summed E-state index contributed by atoms with van der Waals surface area (Å²) in [7, 11) is 0. The van der Waals surface area contributed by atoms with Gasteiger partial charge in [0.2, 0.25) is 0 Å². The third-order valence-corrected chi connectivity index (χ3v) is 4.60. The van der Waals surface area contributed by atoms with Crippen molar-refractivity contribution in [3.8, 4) is 0 Å². The largest absolute Gasteiger partial charge is 0.389 e. The number of carbonyl (C=O) groups is 1. The minimum Gasteiger partial charge on any atom is -0.389 e. The summed E-state index contributed by atoms with van der Waals surface area (Å²) in [6.07, 6.45) is 7.22. The average molecular weight is 256 g/mol. The fraction of sp³-hybridized carbons (Fsp3) is 0.471. The van der Waals surface area contributed by atoms with Gasteiger partial charge in [0.15, 0.2) is 0 Å². The molecule has 2 heteroatoms. The highest BCUT2D eigenvalue weighted by Crippen LogP contribution is 2.48. The van der Waals surface area contributed by atoms with Gasteiger partial charge in [-0.1, -0.05) is 42.5 Å². The van der Waals surface area contributed by atoms with Crippen LogP contribution in [0.15, 0.2) is 42.5 Å². The maximum atomic E-state index is 11.4. The molecule has 0 bridgehead atoms. The number of carbonyl (C=O) groups excluding carboxylic acids is 1. The molecule has 1 aromatic carbocycles. The summed E-state index contributed by atoms with van der Waals surface area (Å²) in [5.74, 6) is 1.85. The molecule has 1 N–H and O–H groups in total. The van der Waals surface area contributed by atoms with Crippen LogP contribution in [0.25, 0.3) is 0 Å². The molecule has 2 saturated carbocycles. The molecular formula is C17H20O2. The molecule has 2 fully saturated rings.